The van der Waals surface area contributed by atoms with Crippen molar-refractivity contribution in [2.75, 3.05) is 13.7 Å². The molecule has 10 heteroatoms. The standard InChI is InChI=1S/C31H26ClF2N3O4/c1-18-6-7-20(24(33)12-18)17-41-30-5-3-4-26(36-30)22-16-25(34)21(13-23(22)32)15-29-35-27-9-8-19(31(38)39)14-28(27)37(29)10-11-40-2/h3-9,12-14,16H,10-11,15,17H2,1-2H3,(H,38,39). The second-order valence-corrected chi connectivity index (χ2v) is 9.93. The first-order chi connectivity index (χ1) is 19.7. The number of carboxylic acid groups (broad SMARTS) is 1. The number of pyridine rings is 1. The maximum atomic E-state index is 15.5. The van der Waals surface area contributed by atoms with Crippen molar-refractivity contribution >= 4 is 28.6 Å². The molecule has 3 aromatic carbocycles. The zero-order chi connectivity index (χ0) is 29.1. The number of hydrogen-bond acceptors (Lipinski definition) is 5. The molecule has 1 N–H and O–H groups in total. The fourth-order valence-corrected chi connectivity index (χ4v) is 4.81. The van der Waals surface area contributed by atoms with E-state index in [2.05, 4.69) is 9.97 Å². The van der Waals surface area contributed by atoms with E-state index >= 15 is 4.39 Å². The maximum Gasteiger partial charge on any atom is 0.335 e. The van der Waals surface area contributed by atoms with Crippen LogP contribution in [0.1, 0.15) is 32.9 Å². The topological polar surface area (TPSA) is 86.5 Å². The number of hydrogen-bond donors (Lipinski definition) is 1. The van der Waals surface area contributed by atoms with E-state index in [1.54, 1.807) is 56.5 Å². The van der Waals surface area contributed by atoms with Crippen molar-refractivity contribution < 1.29 is 28.2 Å². The normalized spacial score (nSPS) is 11.2. The quantitative estimate of drug-likeness (QED) is 0.195. The molecule has 2 heterocycles. The molecular weight excluding hydrogens is 552 g/mol. The minimum atomic E-state index is -1.05. The van der Waals surface area contributed by atoms with Gasteiger partial charge < -0.3 is 19.1 Å². The van der Waals surface area contributed by atoms with Gasteiger partial charge >= 0.3 is 5.97 Å². The average molecular weight is 578 g/mol. The van der Waals surface area contributed by atoms with Gasteiger partial charge in [-0.2, -0.15) is 0 Å². The highest BCUT2D eigenvalue weighted by molar-refractivity contribution is 6.33. The number of aryl methyl sites for hydroxylation is 1. The Labute approximate surface area is 240 Å². The molecule has 210 valence electrons. The number of carbonyl (C=O) groups is 1. The summed E-state index contributed by atoms with van der Waals surface area (Å²) in [7, 11) is 1.56. The van der Waals surface area contributed by atoms with Crippen LogP contribution in [0.15, 0.2) is 66.7 Å². The smallest absolute Gasteiger partial charge is 0.335 e. The molecular formula is C31H26ClF2N3O4. The molecule has 0 fully saturated rings. The van der Waals surface area contributed by atoms with Crippen LogP contribution in [-0.2, 0) is 24.3 Å². The summed E-state index contributed by atoms with van der Waals surface area (Å²) in [5.74, 6) is -1.13. The lowest BCUT2D eigenvalue weighted by Gasteiger charge is -2.12. The first-order valence-corrected chi connectivity index (χ1v) is 13.2. The number of ether oxygens (including phenoxy) is 2. The van der Waals surface area contributed by atoms with Gasteiger partial charge in [-0.25, -0.2) is 23.5 Å². The summed E-state index contributed by atoms with van der Waals surface area (Å²) in [6.45, 7) is 2.56. The molecule has 5 rings (SSSR count). The van der Waals surface area contributed by atoms with Gasteiger partial charge in [-0.15, -0.1) is 0 Å². The lowest BCUT2D eigenvalue weighted by molar-refractivity contribution is 0.0697. The molecule has 0 aliphatic heterocycles. The zero-order valence-corrected chi connectivity index (χ0v) is 23.1. The van der Waals surface area contributed by atoms with E-state index < -0.39 is 11.8 Å². The van der Waals surface area contributed by atoms with Crippen LogP contribution in [0.5, 0.6) is 5.88 Å². The Morgan fingerprint density at radius 3 is 2.56 bits per heavy atom. The fourth-order valence-electron chi connectivity index (χ4n) is 4.53. The van der Waals surface area contributed by atoms with Gasteiger partial charge in [0.15, 0.2) is 0 Å². The minimum Gasteiger partial charge on any atom is -0.478 e. The Kier molecular flexibility index (Phi) is 8.28. The predicted octanol–water partition coefficient (Wildman–Crippen LogP) is 6.85. The summed E-state index contributed by atoms with van der Waals surface area (Å²) in [6, 6.07) is 17.4. The van der Waals surface area contributed by atoms with E-state index in [1.165, 1.54) is 24.3 Å². The number of methoxy groups -OCH3 is 1. The molecule has 0 spiro atoms. The van der Waals surface area contributed by atoms with Crippen LogP contribution in [0, 0.1) is 18.6 Å². The second kappa shape index (κ2) is 12.0. The molecule has 2 aromatic heterocycles. The van der Waals surface area contributed by atoms with E-state index in [0.29, 0.717) is 52.4 Å². The average Bonchev–Trinajstić information content (AvgIpc) is 3.29. The Morgan fingerprint density at radius 2 is 1.80 bits per heavy atom. The maximum absolute atomic E-state index is 15.5. The largest absolute Gasteiger partial charge is 0.478 e. The minimum absolute atomic E-state index is 0.0123. The number of rotatable bonds is 10. The zero-order valence-electron chi connectivity index (χ0n) is 22.3. The molecule has 0 atom stereocenters. The summed E-state index contributed by atoms with van der Waals surface area (Å²) in [5, 5.41) is 9.69. The predicted molar refractivity (Wildman–Crippen MR) is 151 cm³/mol. The number of imidazole rings is 1. The van der Waals surface area contributed by atoms with E-state index in [1.807, 2.05) is 4.57 Å². The highest BCUT2D eigenvalue weighted by Gasteiger charge is 2.18. The van der Waals surface area contributed by atoms with Crippen molar-refractivity contribution in [1.82, 2.24) is 14.5 Å². The molecule has 0 aliphatic rings. The number of benzene rings is 3. The molecule has 0 aliphatic carbocycles. The van der Waals surface area contributed by atoms with Crippen molar-refractivity contribution in [3.05, 3.63) is 111 Å². The summed E-state index contributed by atoms with van der Waals surface area (Å²) in [6.07, 6.45) is 0.116. The van der Waals surface area contributed by atoms with Crippen molar-refractivity contribution in [2.24, 2.45) is 0 Å². The third kappa shape index (κ3) is 6.21. The molecule has 0 radical (unpaired) electrons. The fraction of sp³-hybridized carbons (Fsp3) is 0.194. The number of carboxylic acids is 1. The van der Waals surface area contributed by atoms with Gasteiger partial charge in [-0.3, -0.25) is 0 Å². The summed E-state index contributed by atoms with van der Waals surface area (Å²) < 4.78 is 42.4. The third-order valence-electron chi connectivity index (χ3n) is 6.66. The Morgan fingerprint density at radius 1 is 1.00 bits per heavy atom. The molecule has 0 saturated carbocycles. The summed E-state index contributed by atoms with van der Waals surface area (Å²) >= 11 is 6.61. The molecule has 0 saturated heterocycles. The van der Waals surface area contributed by atoms with Gasteiger partial charge in [0.1, 0.15) is 24.1 Å². The summed E-state index contributed by atoms with van der Waals surface area (Å²) in [4.78, 5) is 20.6. The lowest BCUT2D eigenvalue weighted by atomic mass is 10.0. The molecule has 0 unspecified atom stereocenters. The molecule has 0 bridgehead atoms. The van der Waals surface area contributed by atoms with E-state index in [9.17, 15) is 14.3 Å². The lowest BCUT2D eigenvalue weighted by Crippen LogP contribution is -2.10. The van der Waals surface area contributed by atoms with Crippen LogP contribution < -0.4 is 4.74 Å². The van der Waals surface area contributed by atoms with Gasteiger partial charge in [-0.1, -0.05) is 29.8 Å². The van der Waals surface area contributed by atoms with Gasteiger partial charge in [0, 0.05) is 37.3 Å². The number of aromatic carboxylic acids is 1. The number of aromatic nitrogens is 3. The van der Waals surface area contributed by atoms with Gasteiger partial charge in [0.25, 0.3) is 0 Å². The van der Waals surface area contributed by atoms with Crippen LogP contribution in [0.3, 0.4) is 0 Å². The van der Waals surface area contributed by atoms with Gasteiger partial charge in [-0.05, 0) is 60.5 Å². The first-order valence-electron chi connectivity index (χ1n) is 12.8. The number of nitrogens with zero attached hydrogens (tertiary/aromatic N) is 3. The third-order valence-corrected chi connectivity index (χ3v) is 6.97. The van der Waals surface area contributed by atoms with Crippen LogP contribution in [-0.4, -0.2) is 39.3 Å². The highest BCUT2D eigenvalue weighted by atomic mass is 35.5. The monoisotopic (exact) mass is 577 g/mol. The van der Waals surface area contributed by atoms with Crippen LogP contribution in [0.2, 0.25) is 5.02 Å². The van der Waals surface area contributed by atoms with Gasteiger partial charge in [0.05, 0.1) is 33.9 Å². The second-order valence-electron chi connectivity index (χ2n) is 9.53. The van der Waals surface area contributed by atoms with Crippen LogP contribution in [0.4, 0.5) is 8.78 Å². The van der Waals surface area contributed by atoms with E-state index in [4.69, 9.17) is 21.1 Å². The SMILES string of the molecule is COCCn1c(Cc2cc(Cl)c(-c3cccc(OCc4ccc(C)cc4F)n3)cc2F)nc2ccc(C(=O)O)cc21. The highest BCUT2D eigenvalue weighted by Crippen LogP contribution is 2.32. The Hall–Kier alpha value is -4.34. The molecule has 41 heavy (non-hydrogen) atoms. The van der Waals surface area contributed by atoms with Crippen molar-refractivity contribution in [2.45, 2.75) is 26.5 Å². The van der Waals surface area contributed by atoms with Crippen LogP contribution in [0.25, 0.3) is 22.3 Å². The molecule has 7 nitrogen and oxygen atoms in total. The Bertz CT molecular complexity index is 1760. The van der Waals surface area contributed by atoms with E-state index in [0.717, 1.165) is 5.56 Å². The number of fused-ring (bicyclic) bond motifs is 1. The first kappa shape index (κ1) is 28.2. The van der Waals surface area contributed by atoms with Crippen molar-refractivity contribution in [3.8, 4) is 17.1 Å². The molecule has 0 amide bonds. The number of halogens is 3. The van der Waals surface area contributed by atoms with E-state index in [-0.39, 0.29) is 35.3 Å². The Balaban J connectivity index is 1.41. The van der Waals surface area contributed by atoms with Gasteiger partial charge in [0.2, 0.25) is 5.88 Å². The molecule has 5 aromatic rings. The van der Waals surface area contributed by atoms with Crippen molar-refractivity contribution in [3.63, 3.8) is 0 Å². The van der Waals surface area contributed by atoms with Crippen LogP contribution >= 0.6 is 11.6 Å². The van der Waals surface area contributed by atoms with Crippen molar-refractivity contribution in [1.29, 1.82) is 0 Å². The summed E-state index contributed by atoms with van der Waals surface area (Å²) in [5.41, 5.74) is 3.63.